The standard InChI is InChI=1S/C22H22O3/c1-14-10-12-18(13-11-14)20-19(22(23)24-4)16(3)25-21(20)15(2)17-8-6-5-7-9-17/h5-13,20-21H,2H2,1,3-4H3/t20-,21+/m0/s1. The van der Waals surface area contributed by atoms with Gasteiger partial charge in [0.15, 0.2) is 0 Å². The molecule has 128 valence electrons. The molecular formula is C22H22O3. The summed E-state index contributed by atoms with van der Waals surface area (Å²) in [5.74, 6) is 0.00620. The molecule has 0 radical (unpaired) electrons. The number of carbonyl (C=O) groups is 1. The summed E-state index contributed by atoms with van der Waals surface area (Å²) in [6.07, 6.45) is -0.334. The van der Waals surface area contributed by atoms with Gasteiger partial charge in [-0.05, 0) is 30.5 Å². The number of allylic oxidation sites excluding steroid dienone is 1. The maximum atomic E-state index is 12.4. The zero-order chi connectivity index (χ0) is 18.0. The van der Waals surface area contributed by atoms with Crippen molar-refractivity contribution in [2.45, 2.75) is 25.9 Å². The first-order valence-electron chi connectivity index (χ1n) is 8.29. The van der Waals surface area contributed by atoms with Gasteiger partial charge in [-0.15, -0.1) is 0 Å². The van der Waals surface area contributed by atoms with E-state index in [1.54, 1.807) is 0 Å². The van der Waals surface area contributed by atoms with E-state index in [4.69, 9.17) is 9.47 Å². The predicted molar refractivity (Wildman–Crippen MR) is 99.0 cm³/mol. The monoisotopic (exact) mass is 334 g/mol. The minimum atomic E-state index is -0.355. The number of benzene rings is 2. The van der Waals surface area contributed by atoms with Crippen LogP contribution >= 0.6 is 0 Å². The van der Waals surface area contributed by atoms with Crippen LogP contribution in [0.5, 0.6) is 0 Å². The molecule has 0 fully saturated rings. The van der Waals surface area contributed by atoms with Crippen LogP contribution in [0.25, 0.3) is 5.57 Å². The first-order chi connectivity index (χ1) is 12.0. The zero-order valence-electron chi connectivity index (χ0n) is 14.8. The fourth-order valence-corrected chi connectivity index (χ4v) is 3.28. The predicted octanol–water partition coefficient (Wildman–Crippen LogP) is 4.64. The molecule has 1 aliphatic rings. The van der Waals surface area contributed by atoms with Crippen LogP contribution < -0.4 is 0 Å². The Labute approximate surface area is 148 Å². The first-order valence-corrected chi connectivity index (χ1v) is 8.29. The summed E-state index contributed by atoms with van der Waals surface area (Å²) >= 11 is 0. The number of rotatable bonds is 4. The van der Waals surface area contributed by atoms with Gasteiger partial charge in [-0.3, -0.25) is 0 Å². The molecule has 0 bridgehead atoms. The molecule has 25 heavy (non-hydrogen) atoms. The van der Waals surface area contributed by atoms with Gasteiger partial charge in [0.25, 0.3) is 0 Å². The molecule has 1 aliphatic heterocycles. The summed E-state index contributed by atoms with van der Waals surface area (Å²) in [5.41, 5.74) is 4.60. The second-order valence-electron chi connectivity index (χ2n) is 6.28. The molecule has 0 saturated carbocycles. The molecule has 0 aliphatic carbocycles. The molecular weight excluding hydrogens is 312 g/mol. The molecule has 0 aromatic heterocycles. The fourth-order valence-electron chi connectivity index (χ4n) is 3.28. The third-order valence-electron chi connectivity index (χ3n) is 4.63. The Morgan fingerprint density at radius 1 is 1.04 bits per heavy atom. The van der Waals surface area contributed by atoms with Crippen molar-refractivity contribution in [1.82, 2.24) is 0 Å². The summed E-state index contributed by atoms with van der Waals surface area (Å²) < 4.78 is 11.1. The molecule has 2 atom stereocenters. The number of carbonyl (C=O) groups excluding carboxylic acids is 1. The van der Waals surface area contributed by atoms with E-state index in [9.17, 15) is 4.79 Å². The van der Waals surface area contributed by atoms with E-state index in [0.717, 1.165) is 16.7 Å². The quantitative estimate of drug-likeness (QED) is 0.764. The number of hydrogen-bond acceptors (Lipinski definition) is 3. The highest BCUT2D eigenvalue weighted by atomic mass is 16.5. The van der Waals surface area contributed by atoms with Crippen LogP contribution in [0.4, 0.5) is 0 Å². The van der Waals surface area contributed by atoms with Crippen LogP contribution in [0.1, 0.15) is 29.5 Å². The molecule has 0 N–H and O–H groups in total. The summed E-state index contributed by atoms with van der Waals surface area (Å²) in [6, 6.07) is 18.1. The maximum absolute atomic E-state index is 12.4. The van der Waals surface area contributed by atoms with Gasteiger partial charge in [-0.2, -0.15) is 0 Å². The lowest BCUT2D eigenvalue weighted by atomic mass is 9.82. The SMILES string of the molecule is C=C(c1ccccc1)[C@H]1OC(C)=C(C(=O)OC)[C@@H]1c1ccc(C)cc1. The lowest BCUT2D eigenvalue weighted by Crippen LogP contribution is -2.22. The average Bonchev–Trinajstić information content (AvgIpc) is 2.99. The Morgan fingerprint density at radius 3 is 2.28 bits per heavy atom. The topological polar surface area (TPSA) is 35.5 Å². The number of ether oxygens (including phenoxy) is 2. The smallest absolute Gasteiger partial charge is 0.337 e. The average molecular weight is 334 g/mol. The van der Waals surface area contributed by atoms with Gasteiger partial charge in [0.2, 0.25) is 0 Å². The van der Waals surface area contributed by atoms with Crippen molar-refractivity contribution in [3.05, 3.63) is 89.2 Å². The minimum Gasteiger partial charge on any atom is -0.489 e. The van der Waals surface area contributed by atoms with E-state index in [-0.39, 0.29) is 18.0 Å². The molecule has 1 heterocycles. The van der Waals surface area contributed by atoms with Gasteiger partial charge in [-0.25, -0.2) is 4.79 Å². The Balaban J connectivity index is 2.05. The van der Waals surface area contributed by atoms with Crippen molar-refractivity contribution < 1.29 is 14.3 Å². The van der Waals surface area contributed by atoms with E-state index in [1.165, 1.54) is 12.7 Å². The summed E-state index contributed by atoms with van der Waals surface area (Å²) in [5, 5.41) is 0. The second kappa shape index (κ2) is 6.98. The van der Waals surface area contributed by atoms with Crippen molar-refractivity contribution in [2.75, 3.05) is 7.11 Å². The Hall–Kier alpha value is -2.81. The fraction of sp³-hybridized carbons (Fsp3) is 0.227. The van der Waals surface area contributed by atoms with E-state index in [1.807, 2.05) is 68.4 Å². The molecule has 0 unspecified atom stereocenters. The molecule has 3 rings (SSSR count). The summed E-state index contributed by atoms with van der Waals surface area (Å²) in [6.45, 7) is 8.10. The molecule has 0 saturated heterocycles. The van der Waals surface area contributed by atoms with E-state index in [0.29, 0.717) is 11.3 Å². The largest absolute Gasteiger partial charge is 0.489 e. The Kier molecular flexibility index (Phi) is 4.75. The van der Waals surface area contributed by atoms with Gasteiger partial charge in [-0.1, -0.05) is 66.7 Å². The zero-order valence-corrected chi connectivity index (χ0v) is 14.8. The van der Waals surface area contributed by atoms with E-state index >= 15 is 0 Å². The Bertz CT molecular complexity index is 816. The molecule has 2 aromatic carbocycles. The molecule has 2 aromatic rings. The summed E-state index contributed by atoms with van der Waals surface area (Å²) in [4.78, 5) is 12.4. The lowest BCUT2D eigenvalue weighted by molar-refractivity contribution is -0.136. The normalized spacial score (nSPS) is 19.5. The van der Waals surface area contributed by atoms with Gasteiger partial charge < -0.3 is 9.47 Å². The van der Waals surface area contributed by atoms with E-state index < -0.39 is 0 Å². The number of methoxy groups -OCH3 is 1. The molecule has 3 nitrogen and oxygen atoms in total. The van der Waals surface area contributed by atoms with Crippen LogP contribution in [0, 0.1) is 6.92 Å². The maximum Gasteiger partial charge on any atom is 0.337 e. The third-order valence-corrected chi connectivity index (χ3v) is 4.63. The van der Waals surface area contributed by atoms with Gasteiger partial charge in [0.05, 0.1) is 18.6 Å². The van der Waals surface area contributed by atoms with Crippen LogP contribution in [-0.4, -0.2) is 19.2 Å². The van der Waals surface area contributed by atoms with Crippen LogP contribution in [0.15, 0.2) is 72.5 Å². The van der Waals surface area contributed by atoms with Crippen molar-refractivity contribution in [3.8, 4) is 0 Å². The highest BCUT2D eigenvalue weighted by molar-refractivity contribution is 5.92. The molecule has 0 amide bonds. The highest BCUT2D eigenvalue weighted by Gasteiger charge is 2.41. The van der Waals surface area contributed by atoms with Crippen LogP contribution in [-0.2, 0) is 14.3 Å². The first kappa shape index (κ1) is 17.0. The highest BCUT2D eigenvalue weighted by Crippen LogP contribution is 2.44. The number of aryl methyl sites for hydroxylation is 1. The van der Waals surface area contributed by atoms with E-state index in [2.05, 4.69) is 6.58 Å². The van der Waals surface area contributed by atoms with Gasteiger partial charge in [0.1, 0.15) is 11.9 Å². The van der Waals surface area contributed by atoms with Crippen molar-refractivity contribution in [2.24, 2.45) is 0 Å². The van der Waals surface area contributed by atoms with Crippen molar-refractivity contribution in [3.63, 3.8) is 0 Å². The lowest BCUT2D eigenvalue weighted by Gasteiger charge is -2.23. The number of esters is 1. The Morgan fingerprint density at radius 2 is 1.68 bits per heavy atom. The van der Waals surface area contributed by atoms with Crippen molar-refractivity contribution >= 4 is 11.5 Å². The third kappa shape index (κ3) is 3.22. The molecule has 0 spiro atoms. The summed E-state index contributed by atoms with van der Waals surface area (Å²) in [7, 11) is 1.40. The second-order valence-corrected chi connectivity index (χ2v) is 6.28. The van der Waals surface area contributed by atoms with Crippen LogP contribution in [0.3, 0.4) is 0 Å². The van der Waals surface area contributed by atoms with Crippen LogP contribution in [0.2, 0.25) is 0 Å². The minimum absolute atomic E-state index is 0.235. The number of hydrogen-bond donors (Lipinski definition) is 0. The van der Waals surface area contributed by atoms with Gasteiger partial charge >= 0.3 is 5.97 Å². The van der Waals surface area contributed by atoms with Crippen molar-refractivity contribution in [1.29, 1.82) is 0 Å². The molecule has 3 heteroatoms. The van der Waals surface area contributed by atoms with Gasteiger partial charge in [0, 0.05) is 0 Å².